The molecule has 0 radical (unpaired) electrons. The number of carboxylic acid groups (broad SMARTS) is 1. The van der Waals surface area contributed by atoms with E-state index in [4.69, 9.17) is 23.1 Å². The molecule has 0 aromatic carbocycles. The Morgan fingerprint density at radius 1 is 1.41 bits per heavy atom. The lowest BCUT2D eigenvalue weighted by atomic mass is 10.0. The Bertz CT molecular complexity index is 1250. The highest BCUT2D eigenvalue weighted by Crippen LogP contribution is 2.46. The van der Waals surface area contributed by atoms with Crippen molar-refractivity contribution in [1.82, 2.24) is 25.7 Å². The van der Waals surface area contributed by atoms with Crippen molar-refractivity contribution < 1.29 is 24.7 Å². The number of hydrogen-bond acceptors (Lipinski definition) is 13. The summed E-state index contributed by atoms with van der Waals surface area (Å²) >= 11 is 11.2. The predicted octanol–water partition coefficient (Wildman–Crippen LogP) is 1.47. The predicted molar refractivity (Wildman–Crippen MR) is 144 cm³/mol. The van der Waals surface area contributed by atoms with Crippen LogP contribution in [-0.2, 0) is 20.1 Å². The fraction of sp³-hybridized carbons (Fsp3) is 0.350. The zero-order valence-corrected chi connectivity index (χ0v) is 22.9. The first-order valence-corrected chi connectivity index (χ1v) is 14.9. The van der Waals surface area contributed by atoms with Gasteiger partial charge in [0.15, 0.2) is 11.2 Å². The van der Waals surface area contributed by atoms with Crippen LogP contribution in [0.5, 0.6) is 0 Å². The molecule has 12 nitrogen and oxygen atoms in total. The summed E-state index contributed by atoms with van der Waals surface area (Å²) in [7, 11) is 0. The molecule has 0 saturated carbocycles. The summed E-state index contributed by atoms with van der Waals surface area (Å²) in [5.74, 6) is -0.875. The monoisotopic (exact) mass is 603 g/mol. The highest BCUT2D eigenvalue weighted by Gasteiger charge is 2.54. The first-order chi connectivity index (χ1) is 17.8. The van der Waals surface area contributed by atoms with Crippen LogP contribution < -0.4 is 22.3 Å². The molecule has 2 amide bonds. The number of aromatic nitrogens is 2. The average Bonchev–Trinajstić information content (AvgIpc) is 3.20. The van der Waals surface area contributed by atoms with E-state index < -0.39 is 35.2 Å². The molecule has 0 aliphatic carbocycles. The van der Waals surface area contributed by atoms with Gasteiger partial charge in [-0.05, 0) is 12.1 Å². The minimum absolute atomic E-state index is 0.0193. The SMILES string of the molecule is NCCSCc1ncccc1SC1=C(C(=O)O)N2C(=O)[C@@H](NC(=O)[C@H](NO)c3nc(N)sc3Cl)[C@H]2SC1. The smallest absolute Gasteiger partial charge is 0.353 e. The molecule has 1 fully saturated rings. The number of β-lactam (4-membered cyclic amide) rings is 1. The molecule has 0 spiro atoms. The normalized spacial score (nSPS) is 19.9. The van der Waals surface area contributed by atoms with Crippen LogP contribution in [0.2, 0.25) is 4.34 Å². The number of nitrogen functional groups attached to an aromatic ring is 1. The number of carboxylic acids is 1. The summed E-state index contributed by atoms with van der Waals surface area (Å²) in [5.41, 5.74) is 13.7. The topological polar surface area (TPSA) is 197 Å². The molecule has 198 valence electrons. The Hall–Kier alpha value is -2.05. The summed E-state index contributed by atoms with van der Waals surface area (Å²) < 4.78 is 0.113. The molecule has 37 heavy (non-hydrogen) atoms. The third kappa shape index (κ3) is 5.85. The van der Waals surface area contributed by atoms with Gasteiger partial charge in [-0.3, -0.25) is 19.5 Å². The lowest BCUT2D eigenvalue weighted by molar-refractivity contribution is -0.151. The Labute approximate surface area is 232 Å². The second kappa shape index (κ2) is 12.2. The fourth-order valence-electron chi connectivity index (χ4n) is 3.67. The molecule has 2 aromatic heterocycles. The lowest BCUT2D eigenvalue weighted by Crippen LogP contribution is -2.71. The summed E-state index contributed by atoms with van der Waals surface area (Å²) in [6, 6.07) is 1.27. The van der Waals surface area contributed by atoms with Crippen molar-refractivity contribution in [3.05, 3.63) is 44.7 Å². The first kappa shape index (κ1) is 28.0. The van der Waals surface area contributed by atoms with Gasteiger partial charge in [-0.25, -0.2) is 9.78 Å². The Morgan fingerprint density at radius 2 is 2.19 bits per heavy atom. The number of rotatable bonds is 11. The quantitative estimate of drug-likeness (QED) is 0.123. The second-order valence-electron chi connectivity index (χ2n) is 7.64. The largest absolute Gasteiger partial charge is 0.477 e. The minimum atomic E-state index is -1.36. The van der Waals surface area contributed by atoms with Gasteiger partial charge >= 0.3 is 5.97 Å². The van der Waals surface area contributed by atoms with Crippen molar-refractivity contribution in [3.63, 3.8) is 0 Å². The highest BCUT2D eigenvalue weighted by atomic mass is 35.5. The number of nitrogens with one attached hydrogen (secondary N) is 2. The van der Waals surface area contributed by atoms with E-state index >= 15 is 0 Å². The van der Waals surface area contributed by atoms with Gasteiger partial charge in [0.2, 0.25) is 5.91 Å². The van der Waals surface area contributed by atoms with E-state index in [-0.39, 0.29) is 20.9 Å². The minimum Gasteiger partial charge on any atom is -0.477 e. The Morgan fingerprint density at radius 3 is 2.84 bits per heavy atom. The van der Waals surface area contributed by atoms with Gasteiger partial charge in [0.25, 0.3) is 5.91 Å². The number of aliphatic carboxylic acids is 1. The number of anilines is 1. The molecular weight excluding hydrogens is 582 g/mol. The van der Waals surface area contributed by atoms with Crippen LogP contribution in [-0.4, -0.2) is 72.4 Å². The van der Waals surface area contributed by atoms with Crippen molar-refractivity contribution in [3.8, 4) is 0 Å². The molecule has 4 rings (SSSR count). The van der Waals surface area contributed by atoms with Crippen LogP contribution in [0.1, 0.15) is 17.4 Å². The van der Waals surface area contributed by atoms with Gasteiger partial charge in [0.1, 0.15) is 27.1 Å². The number of hydrogen-bond donors (Lipinski definition) is 6. The molecule has 2 aromatic rings. The third-order valence-electron chi connectivity index (χ3n) is 5.31. The van der Waals surface area contributed by atoms with Gasteiger partial charge in [0.05, 0.1) is 5.69 Å². The highest BCUT2D eigenvalue weighted by molar-refractivity contribution is 8.06. The van der Waals surface area contributed by atoms with Crippen molar-refractivity contribution in [2.24, 2.45) is 5.73 Å². The zero-order valence-electron chi connectivity index (χ0n) is 18.9. The van der Waals surface area contributed by atoms with Crippen LogP contribution >= 0.6 is 58.2 Å². The number of halogens is 1. The maximum absolute atomic E-state index is 13.0. The number of fused-ring (bicyclic) bond motifs is 1. The van der Waals surface area contributed by atoms with E-state index in [1.165, 1.54) is 28.4 Å². The summed E-state index contributed by atoms with van der Waals surface area (Å²) in [5, 5.41) is 21.5. The van der Waals surface area contributed by atoms with Gasteiger partial charge in [-0.15, -0.1) is 11.8 Å². The van der Waals surface area contributed by atoms with Crippen LogP contribution in [0.15, 0.2) is 33.8 Å². The number of nitrogens with two attached hydrogens (primary N) is 2. The van der Waals surface area contributed by atoms with Crippen molar-refractivity contribution in [1.29, 1.82) is 0 Å². The molecule has 3 atom stereocenters. The molecule has 2 aliphatic rings. The van der Waals surface area contributed by atoms with E-state index in [1.807, 2.05) is 11.5 Å². The molecule has 1 saturated heterocycles. The number of amides is 2. The molecule has 0 bridgehead atoms. The van der Waals surface area contributed by atoms with E-state index in [1.54, 1.807) is 24.0 Å². The average molecular weight is 604 g/mol. The fourth-order valence-corrected chi connectivity index (χ4v) is 8.05. The third-order valence-corrected chi connectivity index (χ3v) is 10.1. The number of thiazole rings is 1. The van der Waals surface area contributed by atoms with Gasteiger partial charge in [-0.2, -0.15) is 17.2 Å². The van der Waals surface area contributed by atoms with Crippen LogP contribution in [0, 0.1) is 0 Å². The molecule has 2 aliphatic heterocycles. The van der Waals surface area contributed by atoms with Crippen LogP contribution in [0.3, 0.4) is 0 Å². The first-order valence-electron chi connectivity index (χ1n) is 10.7. The van der Waals surface area contributed by atoms with Crippen molar-refractivity contribution in [2.75, 3.05) is 23.8 Å². The van der Waals surface area contributed by atoms with E-state index in [0.29, 0.717) is 23.0 Å². The van der Waals surface area contributed by atoms with Gasteiger partial charge in [-0.1, -0.05) is 34.7 Å². The number of pyridine rings is 1. The lowest BCUT2D eigenvalue weighted by Gasteiger charge is -2.49. The van der Waals surface area contributed by atoms with Gasteiger partial charge < -0.3 is 27.1 Å². The number of hydroxylamine groups is 1. The van der Waals surface area contributed by atoms with E-state index in [0.717, 1.165) is 27.7 Å². The standard InChI is InChI=1S/C20H22ClN7O5S4/c21-15-11(26-20(23)37-15)12(27-33)16(29)25-13-17(30)28-14(19(31)32)10(7-35-18(13)28)36-9-2-1-4-24-8(9)6-34-5-3-22/h1-2,4,12-13,18,27,33H,3,5-7,22H2,(H2,23,26)(H,25,29)(H,31,32)/t12-,13-,18-/m1/s1. The van der Waals surface area contributed by atoms with E-state index in [9.17, 15) is 24.7 Å². The molecule has 4 heterocycles. The summed E-state index contributed by atoms with van der Waals surface area (Å²) in [4.78, 5) is 48.9. The maximum Gasteiger partial charge on any atom is 0.353 e. The van der Waals surface area contributed by atoms with Crippen LogP contribution in [0.4, 0.5) is 5.13 Å². The number of thioether (sulfide) groups is 3. The summed E-state index contributed by atoms with van der Waals surface area (Å²) in [6.07, 6.45) is 1.68. The van der Waals surface area contributed by atoms with Crippen molar-refractivity contribution in [2.45, 2.75) is 28.1 Å². The number of carbonyl (C=O) groups excluding carboxylic acids is 2. The number of carbonyl (C=O) groups is 3. The van der Waals surface area contributed by atoms with Gasteiger partial charge in [0, 0.05) is 39.8 Å². The number of nitrogens with zero attached hydrogens (tertiary/aromatic N) is 3. The Kier molecular flexibility index (Phi) is 9.23. The summed E-state index contributed by atoms with van der Waals surface area (Å²) in [6.45, 7) is 0.543. The van der Waals surface area contributed by atoms with Crippen molar-refractivity contribution >= 4 is 81.1 Å². The molecule has 0 unspecified atom stereocenters. The second-order valence-corrected chi connectivity index (χ2v) is 12.6. The zero-order chi connectivity index (χ0) is 26.7. The molecular formula is C20H22ClN7O5S4. The molecule has 17 heteroatoms. The van der Waals surface area contributed by atoms with Crippen LogP contribution in [0.25, 0.3) is 0 Å². The molecule has 8 N–H and O–H groups in total. The van der Waals surface area contributed by atoms with E-state index in [2.05, 4.69) is 15.3 Å². The Balaban J connectivity index is 1.51. The maximum atomic E-state index is 13.0.